The lowest BCUT2D eigenvalue weighted by Crippen LogP contribution is -2.30. The SMILES string of the molecule is O=C(c1cccc(F)c1)N(Cc1ccc(C(F)(F)F)nc1)Cc1ccc(Cl)cc1Cl. The van der Waals surface area contributed by atoms with Crippen molar-refractivity contribution in [1.82, 2.24) is 9.88 Å². The summed E-state index contributed by atoms with van der Waals surface area (Å²) in [5.74, 6) is -1.10. The molecule has 3 rings (SSSR count). The molecule has 0 aliphatic carbocycles. The standard InChI is InChI=1S/C21H14Cl2F4N2O/c22-16-6-5-15(18(23)9-16)12-29(20(30)14-2-1-3-17(24)8-14)11-13-4-7-19(28-10-13)21(25,26)27/h1-10H,11-12H2. The van der Waals surface area contributed by atoms with Crippen LogP contribution in [0.5, 0.6) is 0 Å². The molecule has 3 nitrogen and oxygen atoms in total. The number of nitrogens with zero attached hydrogens (tertiary/aromatic N) is 2. The van der Waals surface area contributed by atoms with Crippen LogP contribution >= 0.6 is 23.2 Å². The lowest BCUT2D eigenvalue weighted by Gasteiger charge is -2.24. The van der Waals surface area contributed by atoms with Crippen LogP contribution in [-0.4, -0.2) is 15.8 Å². The third-order valence-electron chi connectivity index (χ3n) is 4.22. The van der Waals surface area contributed by atoms with E-state index in [1.165, 1.54) is 35.2 Å². The molecule has 0 radical (unpaired) electrons. The van der Waals surface area contributed by atoms with Gasteiger partial charge in [-0.05, 0) is 47.5 Å². The third-order valence-corrected chi connectivity index (χ3v) is 4.81. The van der Waals surface area contributed by atoms with Crippen molar-refractivity contribution in [3.05, 3.63) is 99.0 Å². The van der Waals surface area contributed by atoms with E-state index in [4.69, 9.17) is 23.2 Å². The Morgan fingerprint density at radius 1 is 1.00 bits per heavy atom. The molecule has 3 aromatic rings. The van der Waals surface area contributed by atoms with Crippen LogP contribution in [0.3, 0.4) is 0 Å². The Kier molecular flexibility index (Phi) is 6.63. The summed E-state index contributed by atoms with van der Waals surface area (Å²) in [7, 11) is 0. The van der Waals surface area contributed by atoms with Crippen LogP contribution in [0.15, 0.2) is 60.8 Å². The maximum absolute atomic E-state index is 13.6. The average Bonchev–Trinajstić information content (AvgIpc) is 2.68. The second-order valence-corrected chi connectivity index (χ2v) is 7.30. The van der Waals surface area contributed by atoms with E-state index in [9.17, 15) is 22.4 Å². The van der Waals surface area contributed by atoms with Crippen LogP contribution in [0.4, 0.5) is 17.6 Å². The van der Waals surface area contributed by atoms with Crippen LogP contribution in [0.2, 0.25) is 10.0 Å². The number of hydrogen-bond acceptors (Lipinski definition) is 2. The van der Waals surface area contributed by atoms with Gasteiger partial charge >= 0.3 is 6.18 Å². The van der Waals surface area contributed by atoms with Crippen LogP contribution in [0.25, 0.3) is 0 Å². The van der Waals surface area contributed by atoms with Crippen LogP contribution < -0.4 is 0 Å². The van der Waals surface area contributed by atoms with E-state index in [0.29, 0.717) is 21.2 Å². The van der Waals surface area contributed by atoms with E-state index in [2.05, 4.69) is 4.98 Å². The summed E-state index contributed by atoms with van der Waals surface area (Å²) < 4.78 is 51.8. The lowest BCUT2D eigenvalue weighted by molar-refractivity contribution is -0.141. The second kappa shape index (κ2) is 9.02. The molecule has 0 saturated carbocycles. The zero-order valence-electron chi connectivity index (χ0n) is 15.3. The largest absolute Gasteiger partial charge is 0.433 e. The highest BCUT2D eigenvalue weighted by atomic mass is 35.5. The fourth-order valence-corrected chi connectivity index (χ4v) is 3.23. The van der Waals surface area contributed by atoms with Crippen molar-refractivity contribution in [3.8, 4) is 0 Å². The van der Waals surface area contributed by atoms with Gasteiger partial charge in [-0.2, -0.15) is 13.2 Å². The summed E-state index contributed by atoms with van der Waals surface area (Å²) in [4.78, 5) is 17.8. The molecule has 0 unspecified atom stereocenters. The first-order valence-electron chi connectivity index (χ1n) is 8.64. The van der Waals surface area contributed by atoms with E-state index in [1.54, 1.807) is 12.1 Å². The molecule has 156 valence electrons. The van der Waals surface area contributed by atoms with Gasteiger partial charge in [0.05, 0.1) is 0 Å². The maximum atomic E-state index is 13.6. The number of pyridine rings is 1. The molecule has 0 aliphatic rings. The molecule has 0 aliphatic heterocycles. The predicted octanol–water partition coefficient (Wildman–Crippen LogP) is 6.39. The molecule has 0 bridgehead atoms. The third kappa shape index (κ3) is 5.49. The number of alkyl halides is 3. The molecule has 0 spiro atoms. The first-order chi connectivity index (χ1) is 14.1. The highest BCUT2D eigenvalue weighted by Gasteiger charge is 2.32. The monoisotopic (exact) mass is 456 g/mol. The van der Waals surface area contributed by atoms with Gasteiger partial charge in [0.15, 0.2) is 0 Å². The summed E-state index contributed by atoms with van der Waals surface area (Å²) in [5.41, 5.74) is 0.0125. The van der Waals surface area contributed by atoms with Gasteiger partial charge in [-0.3, -0.25) is 9.78 Å². The smallest absolute Gasteiger partial charge is 0.330 e. The summed E-state index contributed by atoms with van der Waals surface area (Å²) in [6.45, 7) is -0.0220. The molecule has 0 fully saturated rings. The van der Waals surface area contributed by atoms with Crippen molar-refractivity contribution < 1.29 is 22.4 Å². The highest BCUT2D eigenvalue weighted by Crippen LogP contribution is 2.28. The minimum Gasteiger partial charge on any atom is -0.330 e. The fraction of sp³-hybridized carbons (Fsp3) is 0.143. The second-order valence-electron chi connectivity index (χ2n) is 6.46. The highest BCUT2D eigenvalue weighted by molar-refractivity contribution is 6.35. The van der Waals surface area contributed by atoms with Crippen molar-refractivity contribution >= 4 is 29.1 Å². The topological polar surface area (TPSA) is 33.2 Å². The zero-order valence-corrected chi connectivity index (χ0v) is 16.8. The van der Waals surface area contributed by atoms with Crippen molar-refractivity contribution in [2.24, 2.45) is 0 Å². The predicted molar refractivity (Wildman–Crippen MR) is 106 cm³/mol. The number of carbonyl (C=O) groups excluding carboxylic acids is 1. The van der Waals surface area contributed by atoms with Crippen molar-refractivity contribution in [3.63, 3.8) is 0 Å². The molecule has 2 aromatic carbocycles. The van der Waals surface area contributed by atoms with Gasteiger partial charge in [-0.1, -0.05) is 41.4 Å². The number of aromatic nitrogens is 1. The van der Waals surface area contributed by atoms with E-state index in [0.717, 1.165) is 18.3 Å². The first kappa shape index (κ1) is 22.1. The van der Waals surface area contributed by atoms with Gasteiger partial charge in [-0.15, -0.1) is 0 Å². The molecule has 9 heteroatoms. The number of rotatable bonds is 5. The van der Waals surface area contributed by atoms with E-state index >= 15 is 0 Å². The number of hydrogen-bond donors (Lipinski definition) is 0. The minimum absolute atomic E-state index is 0.0341. The minimum atomic E-state index is -4.56. The Morgan fingerprint density at radius 3 is 2.37 bits per heavy atom. The summed E-state index contributed by atoms with van der Waals surface area (Å²) in [6, 6.07) is 12.0. The van der Waals surface area contributed by atoms with Gasteiger partial charge in [0.1, 0.15) is 11.5 Å². The van der Waals surface area contributed by atoms with Gasteiger partial charge in [0.2, 0.25) is 0 Å². The normalized spacial score (nSPS) is 11.4. The molecule has 1 amide bonds. The summed E-state index contributed by atoms with van der Waals surface area (Å²) in [6.07, 6.45) is -3.51. The van der Waals surface area contributed by atoms with Crippen molar-refractivity contribution in [1.29, 1.82) is 0 Å². The van der Waals surface area contributed by atoms with Gasteiger partial charge in [0, 0.05) is 34.9 Å². The van der Waals surface area contributed by atoms with Crippen LogP contribution in [0, 0.1) is 5.82 Å². The van der Waals surface area contributed by atoms with Crippen molar-refractivity contribution in [2.45, 2.75) is 19.3 Å². The quantitative estimate of drug-likeness (QED) is 0.416. The molecular formula is C21H14Cl2F4N2O. The number of amides is 1. The van der Waals surface area contributed by atoms with E-state index in [1.807, 2.05) is 0 Å². The Bertz CT molecular complexity index is 1060. The molecule has 0 atom stereocenters. The Balaban J connectivity index is 1.91. The maximum Gasteiger partial charge on any atom is 0.433 e. The van der Waals surface area contributed by atoms with Crippen LogP contribution in [-0.2, 0) is 19.3 Å². The van der Waals surface area contributed by atoms with Crippen molar-refractivity contribution in [2.75, 3.05) is 0 Å². The van der Waals surface area contributed by atoms with E-state index < -0.39 is 23.6 Å². The van der Waals surface area contributed by atoms with Gasteiger partial charge in [0.25, 0.3) is 5.91 Å². The molecule has 0 N–H and O–H groups in total. The Hall–Kier alpha value is -2.64. The number of benzene rings is 2. The molecule has 0 saturated heterocycles. The summed E-state index contributed by atoms with van der Waals surface area (Å²) in [5, 5.41) is 0.740. The number of carbonyl (C=O) groups is 1. The summed E-state index contributed by atoms with van der Waals surface area (Å²) >= 11 is 12.1. The number of halogens is 6. The van der Waals surface area contributed by atoms with Gasteiger partial charge < -0.3 is 4.90 Å². The molecule has 1 aromatic heterocycles. The lowest BCUT2D eigenvalue weighted by atomic mass is 10.1. The Labute approximate surface area is 179 Å². The molecule has 30 heavy (non-hydrogen) atoms. The molecular weight excluding hydrogens is 443 g/mol. The van der Waals surface area contributed by atoms with E-state index in [-0.39, 0.29) is 18.7 Å². The zero-order chi connectivity index (χ0) is 21.9. The van der Waals surface area contributed by atoms with Crippen LogP contribution in [0.1, 0.15) is 27.2 Å². The Morgan fingerprint density at radius 2 is 1.77 bits per heavy atom. The first-order valence-corrected chi connectivity index (χ1v) is 9.40. The molecule has 1 heterocycles. The average molecular weight is 457 g/mol. The fourth-order valence-electron chi connectivity index (χ4n) is 2.77. The van der Waals surface area contributed by atoms with Gasteiger partial charge in [-0.25, -0.2) is 4.39 Å².